The Labute approximate surface area is 175 Å². The smallest absolute Gasteiger partial charge is 0.291 e. The van der Waals surface area contributed by atoms with E-state index in [-0.39, 0.29) is 17.6 Å². The van der Waals surface area contributed by atoms with E-state index in [2.05, 4.69) is 31.9 Å². The van der Waals surface area contributed by atoms with Crippen LogP contribution in [0.25, 0.3) is 0 Å². The molecule has 1 heterocycles. The van der Waals surface area contributed by atoms with Gasteiger partial charge < -0.3 is 20.4 Å². The highest BCUT2D eigenvalue weighted by Crippen LogP contribution is 2.24. The molecule has 2 aromatic carbocycles. The predicted molar refractivity (Wildman–Crippen MR) is 114 cm³/mol. The minimum Gasteiger partial charge on any atom is -0.444 e. The first-order valence-corrected chi connectivity index (χ1v) is 9.48. The minimum atomic E-state index is -0.390. The molecule has 0 saturated carbocycles. The molecule has 0 spiro atoms. The molecule has 7 nitrogen and oxygen atoms in total. The number of benzene rings is 2. The van der Waals surface area contributed by atoms with E-state index < -0.39 is 5.91 Å². The van der Waals surface area contributed by atoms with Gasteiger partial charge in [0.25, 0.3) is 11.8 Å². The largest absolute Gasteiger partial charge is 0.444 e. The van der Waals surface area contributed by atoms with Crippen LogP contribution >= 0.6 is 15.9 Å². The van der Waals surface area contributed by atoms with Gasteiger partial charge >= 0.3 is 0 Å². The molecular weight excluding hydrogens is 438 g/mol. The zero-order valence-electron chi connectivity index (χ0n) is 15.7. The number of anilines is 3. The Morgan fingerprint density at radius 3 is 2.07 bits per heavy atom. The van der Waals surface area contributed by atoms with Crippen molar-refractivity contribution in [2.24, 2.45) is 0 Å². The zero-order valence-corrected chi connectivity index (χ0v) is 17.3. The van der Waals surface area contributed by atoms with E-state index in [0.29, 0.717) is 27.3 Å². The van der Waals surface area contributed by atoms with Gasteiger partial charge in [0.05, 0.1) is 0 Å². The summed E-state index contributed by atoms with van der Waals surface area (Å²) in [7, 11) is 0. The van der Waals surface area contributed by atoms with Crippen molar-refractivity contribution in [3.8, 4) is 0 Å². The molecule has 0 bridgehead atoms. The van der Waals surface area contributed by atoms with Crippen molar-refractivity contribution in [2.45, 2.75) is 13.8 Å². The lowest BCUT2D eigenvalue weighted by molar-refractivity contribution is -0.114. The number of hydrogen-bond acceptors (Lipinski definition) is 4. The first-order chi connectivity index (χ1) is 13.8. The zero-order chi connectivity index (χ0) is 21.0. The van der Waals surface area contributed by atoms with Crippen LogP contribution in [-0.4, -0.2) is 17.7 Å². The van der Waals surface area contributed by atoms with Gasteiger partial charge in [0.1, 0.15) is 0 Å². The molecule has 8 heteroatoms. The third-order valence-corrected chi connectivity index (χ3v) is 4.52. The van der Waals surface area contributed by atoms with Gasteiger partial charge in [-0.25, -0.2) is 0 Å². The van der Waals surface area contributed by atoms with Crippen LogP contribution in [0.3, 0.4) is 0 Å². The summed E-state index contributed by atoms with van der Waals surface area (Å²) in [5.41, 5.74) is 2.94. The molecule has 3 amide bonds. The summed E-state index contributed by atoms with van der Waals surface area (Å²) in [6.45, 7) is 3.24. The second-order valence-electron chi connectivity index (χ2n) is 6.25. The summed E-state index contributed by atoms with van der Waals surface area (Å²) in [5, 5.41) is 8.25. The normalized spacial score (nSPS) is 10.3. The van der Waals surface area contributed by atoms with Gasteiger partial charge in [-0.15, -0.1) is 0 Å². The number of carbonyl (C=O) groups is 3. The van der Waals surface area contributed by atoms with E-state index in [0.717, 1.165) is 5.56 Å². The number of halogens is 1. The molecule has 0 saturated heterocycles. The van der Waals surface area contributed by atoms with Gasteiger partial charge in [-0.1, -0.05) is 6.07 Å². The van der Waals surface area contributed by atoms with E-state index in [1.165, 1.54) is 6.92 Å². The van der Waals surface area contributed by atoms with Gasteiger partial charge in [-0.3, -0.25) is 14.4 Å². The molecule has 0 aliphatic rings. The molecule has 0 fully saturated rings. The van der Waals surface area contributed by atoms with Gasteiger partial charge in [-0.05, 0) is 76.9 Å². The highest BCUT2D eigenvalue weighted by Gasteiger charge is 2.13. The minimum absolute atomic E-state index is 0.174. The first-order valence-electron chi connectivity index (χ1n) is 8.69. The van der Waals surface area contributed by atoms with Crippen LogP contribution in [0.15, 0.2) is 63.7 Å². The third-order valence-electron chi connectivity index (χ3n) is 4.09. The van der Waals surface area contributed by atoms with Crippen molar-refractivity contribution in [1.29, 1.82) is 0 Å². The molecule has 148 valence electrons. The Morgan fingerprint density at radius 1 is 0.828 bits per heavy atom. The number of nitrogens with one attached hydrogen (secondary N) is 3. The number of furan rings is 1. The predicted octanol–water partition coefficient (Wildman–Crippen LogP) is 4.81. The van der Waals surface area contributed by atoms with E-state index in [1.807, 2.05) is 6.92 Å². The summed E-state index contributed by atoms with van der Waals surface area (Å²) < 4.78 is 5.67. The second-order valence-corrected chi connectivity index (χ2v) is 7.03. The van der Waals surface area contributed by atoms with Gasteiger partial charge in [0.2, 0.25) is 5.91 Å². The van der Waals surface area contributed by atoms with Crippen LogP contribution in [0.2, 0.25) is 0 Å². The Balaban J connectivity index is 1.68. The Hall–Kier alpha value is -3.39. The summed E-state index contributed by atoms with van der Waals surface area (Å²) in [5.74, 6) is -0.705. The van der Waals surface area contributed by atoms with Crippen LogP contribution in [0, 0.1) is 6.92 Å². The fourth-order valence-electron chi connectivity index (χ4n) is 2.62. The molecule has 3 aromatic rings. The Morgan fingerprint density at radius 2 is 1.48 bits per heavy atom. The van der Waals surface area contributed by atoms with Crippen molar-refractivity contribution in [1.82, 2.24) is 0 Å². The summed E-state index contributed by atoms with van der Waals surface area (Å²) in [6.07, 6.45) is 0. The second kappa shape index (κ2) is 8.74. The molecular formula is C21H18BrN3O4. The van der Waals surface area contributed by atoms with Crippen molar-refractivity contribution in [3.63, 3.8) is 0 Å². The first kappa shape index (κ1) is 20.3. The van der Waals surface area contributed by atoms with E-state index in [4.69, 9.17) is 4.42 Å². The third kappa shape index (κ3) is 5.11. The SMILES string of the molecule is CC(=O)Nc1cccc(NC(=O)c2ccc(NC(=O)c3ccc(Br)o3)cc2)c1C. The molecule has 1 aromatic heterocycles. The molecule has 29 heavy (non-hydrogen) atoms. The Kier molecular flexibility index (Phi) is 6.13. The lowest BCUT2D eigenvalue weighted by Gasteiger charge is -2.13. The maximum atomic E-state index is 12.6. The summed E-state index contributed by atoms with van der Waals surface area (Å²) in [6, 6.07) is 14.9. The van der Waals surface area contributed by atoms with Crippen LogP contribution in [0.1, 0.15) is 33.4 Å². The number of amides is 3. The maximum absolute atomic E-state index is 12.6. The van der Waals surface area contributed by atoms with Crippen molar-refractivity contribution >= 4 is 50.7 Å². The van der Waals surface area contributed by atoms with Gasteiger partial charge in [0, 0.05) is 29.5 Å². The molecule has 0 aliphatic carbocycles. The fraction of sp³-hybridized carbons (Fsp3) is 0.0952. The lowest BCUT2D eigenvalue weighted by Crippen LogP contribution is -2.15. The van der Waals surface area contributed by atoms with E-state index in [9.17, 15) is 14.4 Å². The number of carbonyl (C=O) groups excluding carboxylic acids is 3. The molecule has 0 aliphatic heterocycles. The van der Waals surface area contributed by atoms with Gasteiger partial charge in [0.15, 0.2) is 10.4 Å². The average molecular weight is 456 g/mol. The average Bonchev–Trinajstić information content (AvgIpc) is 3.12. The maximum Gasteiger partial charge on any atom is 0.291 e. The van der Waals surface area contributed by atoms with Gasteiger partial charge in [-0.2, -0.15) is 0 Å². The lowest BCUT2D eigenvalue weighted by atomic mass is 10.1. The topological polar surface area (TPSA) is 100 Å². The standard InChI is InChI=1S/C21H18BrN3O4/c1-12-16(23-13(2)26)4-3-5-17(12)25-20(27)14-6-8-15(9-7-14)24-21(28)18-10-11-19(22)29-18/h3-11H,1-2H3,(H,23,26)(H,24,28)(H,25,27). The monoisotopic (exact) mass is 455 g/mol. The molecule has 0 radical (unpaired) electrons. The molecule has 3 N–H and O–H groups in total. The summed E-state index contributed by atoms with van der Waals surface area (Å²) >= 11 is 3.15. The molecule has 0 unspecified atom stereocenters. The fourth-order valence-corrected chi connectivity index (χ4v) is 2.93. The number of rotatable bonds is 5. The molecule has 0 atom stereocenters. The van der Waals surface area contributed by atoms with Crippen LogP contribution < -0.4 is 16.0 Å². The van der Waals surface area contributed by atoms with Crippen molar-refractivity contribution in [3.05, 3.63) is 76.2 Å². The Bertz CT molecular complexity index is 1070. The van der Waals surface area contributed by atoms with Crippen molar-refractivity contribution < 1.29 is 18.8 Å². The van der Waals surface area contributed by atoms with Crippen molar-refractivity contribution in [2.75, 3.05) is 16.0 Å². The van der Waals surface area contributed by atoms with E-state index in [1.54, 1.807) is 54.6 Å². The highest BCUT2D eigenvalue weighted by atomic mass is 79.9. The number of hydrogen-bond donors (Lipinski definition) is 3. The van der Waals surface area contributed by atoms with Crippen LogP contribution in [0.5, 0.6) is 0 Å². The highest BCUT2D eigenvalue weighted by molar-refractivity contribution is 9.10. The molecule has 3 rings (SSSR count). The van der Waals surface area contributed by atoms with Crippen LogP contribution in [-0.2, 0) is 4.79 Å². The summed E-state index contributed by atoms with van der Waals surface area (Å²) in [4.78, 5) is 35.9. The van der Waals surface area contributed by atoms with E-state index >= 15 is 0 Å². The van der Waals surface area contributed by atoms with Crippen LogP contribution in [0.4, 0.5) is 17.1 Å². The quantitative estimate of drug-likeness (QED) is 0.513.